The van der Waals surface area contributed by atoms with E-state index in [1.54, 1.807) is 17.0 Å². The van der Waals surface area contributed by atoms with Gasteiger partial charge in [0.15, 0.2) is 5.69 Å². The van der Waals surface area contributed by atoms with Gasteiger partial charge in [-0.3, -0.25) is 4.90 Å². The zero-order valence-corrected chi connectivity index (χ0v) is 10.7. The molecule has 0 bridgehead atoms. The van der Waals surface area contributed by atoms with E-state index < -0.39 is 11.9 Å². The van der Waals surface area contributed by atoms with Gasteiger partial charge in [0.05, 0.1) is 13.7 Å². The number of pyridine rings is 1. The largest absolute Gasteiger partial charge is 0.464 e. The van der Waals surface area contributed by atoms with Crippen LogP contribution in [0.15, 0.2) is 18.3 Å². The lowest BCUT2D eigenvalue weighted by Gasteiger charge is -2.32. The van der Waals surface area contributed by atoms with Crippen molar-refractivity contribution < 1.29 is 18.3 Å². The summed E-state index contributed by atoms with van der Waals surface area (Å²) in [5.74, 6) is -3.19. The van der Waals surface area contributed by atoms with E-state index in [0.717, 1.165) is 0 Å². The number of aromatic nitrogens is 1. The van der Waals surface area contributed by atoms with Gasteiger partial charge in [0, 0.05) is 19.2 Å². The molecule has 1 aromatic rings. The van der Waals surface area contributed by atoms with E-state index >= 15 is 0 Å². The summed E-state index contributed by atoms with van der Waals surface area (Å²) in [6.07, 6.45) is 1.88. The van der Waals surface area contributed by atoms with Crippen molar-refractivity contribution in [1.82, 2.24) is 9.88 Å². The fraction of sp³-hybridized carbons (Fsp3) is 0.538. The normalized spacial score (nSPS) is 19.1. The monoisotopic (exact) mass is 270 g/mol. The molecule has 2 rings (SSSR count). The van der Waals surface area contributed by atoms with Gasteiger partial charge in [-0.15, -0.1) is 0 Å². The predicted octanol–water partition coefficient (Wildman–Crippen LogP) is 2.10. The first-order chi connectivity index (χ1) is 9.02. The molecule has 0 radical (unpaired) electrons. The SMILES string of the molecule is COC(=O)c1ncccc1CN1CCCC(F)(F)C1. The molecule has 0 unspecified atom stereocenters. The summed E-state index contributed by atoms with van der Waals surface area (Å²) < 4.78 is 31.3. The van der Waals surface area contributed by atoms with Crippen LogP contribution in [0.3, 0.4) is 0 Å². The Bertz CT molecular complexity index is 466. The van der Waals surface area contributed by atoms with Crippen LogP contribution in [0.2, 0.25) is 0 Å². The molecule has 19 heavy (non-hydrogen) atoms. The minimum absolute atomic E-state index is 0.0690. The first-order valence-electron chi connectivity index (χ1n) is 6.14. The van der Waals surface area contributed by atoms with Crippen molar-refractivity contribution in [2.75, 3.05) is 20.2 Å². The maximum Gasteiger partial charge on any atom is 0.356 e. The van der Waals surface area contributed by atoms with Crippen molar-refractivity contribution in [3.8, 4) is 0 Å². The van der Waals surface area contributed by atoms with Gasteiger partial charge in [-0.1, -0.05) is 6.07 Å². The average molecular weight is 270 g/mol. The first-order valence-corrected chi connectivity index (χ1v) is 6.14. The maximum atomic E-state index is 13.3. The van der Waals surface area contributed by atoms with Gasteiger partial charge in [-0.25, -0.2) is 18.6 Å². The van der Waals surface area contributed by atoms with Gasteiger partial charge in [0.25, 0.3) is 5.92 Å². The summed E-state index contributed by atoms with van der Waals surface area (Å²) in [6, 6.07) is 3.40. The highest BCUT2D eigenvalue weighted by Crippen LogP contribution is 2.27. The van der Waals surface area contributed by atoms with Crippen LogP contribution in [0, 0.1) is 0 Å². The molecule has 4 nitrogen and oxygen atoms in total. The third kappa shape index (κ3) is 3.47. The Kier molecular flexibility index (Phi) is 4.09. The van der Waals surface area contributed by atoms with E-state index in [9.17, 15) is 13.6 Å². The van der Waals surface area contributed by atoms with E-state index in [0.29, 0.717) is 18.5 Å². The summed E-state index contributed by atoms with van der Waals surface area (Å²) in [7, 11) is 1.27. The van der Waals surface area contributed by atoms with Crippen molar-refractivity contribution in [3.63, 3.8) is 0 Å². The van der Waals surface area contributed by atoms with Gasteiger partial charge in [0.2, 0.25) is 0 Å². The van der Waals surface area contributed by atoms with Crippen LogP contribution in [-0.2, 0) is 11.3 Å². The van der Waals surface area contributed by atoms with E-state index in [-0.39, 0.29) is 25.2 Å². The number of hydrogen-bond acceptors (Lipinski definition) is 4. The minimum atomic E-state index is -2.65. The number of halogens is 2. The second-order valence-electron chi connectivity index (χ2n) is 4.67. The molecule has 1 aliphatic rings. The van der Waals surface area contributed by atoms with Crippen LogP contribution in [0.5, 0.6) is 0 Å². The molecule has 0 atom stereocenters. The highest BCUT2D eigenvalue weighted by Gasteiger charge is 2.35. The second kappa shape index (κ2) is 5.61. The number of rotatable bonds is 3. The Labute approximate surface area is 110 Å². The van der Waals surface area contributed by atoms with Gasteiger partial charge >= 0.3 is 5.97 Å². The molecular weight excluding hydrogens is 254 g/mol. The standard InChI is InChI=1S/C13H16F2N2O2/c1-19-12(18)11-10(4-2-6-16-11)8-17-7-3-5-13(14,15)9-17/h2,4,6H,3,5,7-9H2,1H3. The van der Waals surface area contributed by atoms with Crippen LogP contribution in [0.25, 0.3) is 0 Å². The van der Waals surface area contributed by atoms with E-state index in [2.05, 4.69) is 9.72 Å². The number of esters is 1. The number of hydrogen-bond donors (Lipinski definition) is 0. The van der Waals surface area contributed by atoms with Crippen molar-refractivity contribution in [2.45, 2.75) is 25.3 Å². The molecule has 6 heteroatoms. The molecule has 1 fully saturated rings. The summed E-state index contributed by atoms with van der Waals surface area (Å²) in [5, 5.41) is 0. The predicted molar refractivity (Wildman–Crippen MR) is 65.0 cm³/mol. The zero-order valence-electron chi connectivity index (χ0n) is 10.7. The lowest BCUT2D eigenvalue weighted by atomic mass is 10.1. The van der Waals surface area contributed by atoms with E-state index in [4.69, 9.17) is 0 Å². The first kappa shape index (κ1) is 13.9. The molecule has 1 aromatic heterocycles. The second-order valence-corrected chi connectivity index (χ2v) is 4.67. The van der Waals surface area contributed by atoms with Crippen LogP contribution in [-0.4, -0.2) is 42.0 Å². The molecular formula is C13H16F2N2O2. The summed E-state index contributed by atoms with van der Waals surface area (Å²) >= 11 is 0. The lowest BCUT2D eigenvalue weighted by molar-refractivity contribution is -0.0661. The van der Waals surface area contributed by atoms with E-state index in [1.807, 2.05) is 0 Å². The fourth-order valence-corrected chi connectivity index (χ4v) is 2.27. The number of piperidine rings is 1. The Morgan fingerprint density at radius 1 is 1.58 bits per heavy atom. The Morgan fingerprint density at radius 2 is 2.37 bits per heavy atom. The molecule has 0 N–H and O–H groups in total. The molecule has 2 heterocycles. The van der Waals surface area contributed by atoms with Crippen LogP contribution < -0.4 is 0 Å². The number of nitrogens with zero attached hydrogens (tertiary/aromatic N) is 2. The van der Waals surface area contributed by atoms with Crippen molar-refractivity contribution >= 4 is 5.97 Å². The quantitative estimate of drug-likeness (QED) is 0.789. The molecule has 0 aliphatic carbocycles. The van der Waals surface area contributed by atoms with Crippen molar-refractivity contribution in [3.05, 3.63) is 29.6 Å². The number of alkyl halides is 2. The molecule has 0 spiro atoms. The summed E-state index contributed by atoms with van der Waals surface area (Å²) in [4.78, 5) is 17.2. The molecule has 104 valence electrons. The third-order valence-electron chi connectivity index (χ3n) is 3.14. The number of ether oxygens (including phenoxy) is 1. The van der Waals surface area contributed by atoms with Crippen LogP contribution in [0.4, 0.5) is 8.78 Å². The molecule has 1 saturated heterocycles. The third-order valence-corrected chi connectivity index (χ3v) is 3.14. The number of methoxy groups -OCH3 is 1. The van der Waals surface area contributed by atoms with Crippen LogP contribution >= 0.6 is 0 Å². The summed E-state index contributed by atoms with van der Waals surface area (Å²) in [5.41, 5.74) is 0.811. The zero-order chi connectivity index (χ0) is 13.9. The fourth-order valence-electron chi connectivity index (χ4n) is 2.27. The Balaban J connectivity index is 2.13. The Morgan fingerprint density at radius 3 is 3.05 bits per heavy atom. The van der Waals surface area contributed by atoms with Gasteiger partial charge < -0.3 is 4.74 Å². The highest BCUT2D eigenvalue weighted by atomic mass is 19.3. The maximum absolute atomic E-state index is 13.3. The van der Waals surface area contributed by atoms with Gasteiger partial charge in [-0.05, 0) is 24.6 Å². The molecule has 0 saturated carbocycles. The Hall–Kier alpha value is -1.56. The smallest absolute Gasteiger partial charge is 0.356 e. The van der Waals surface area contributed by atoms with E-state index in [1.165, 1.54) is 13.3 Å². The number of carbonyl (C=O) groups is 1. The molecule has 1 aliphatic heterocycles. The van der Waals surface area contributed by atoms with Crippen molar-refractivity contribution in [2.24, 2.45) is 0 Å². The van der Waals surface area contributed by atoms with Gasteiger partial charge in [0.1, 0.15) is 0 Å². The molecule has 0 aromatic carbocycles. The topological polar surface area (TPSA) is 42.4 Å². The number of carbonyl (C=O) groups excluding carboxylic acids is 1. The number of likely N-dealkylation sites (tertiary alicyclic amines) is 1. The minimum Gasteiger partial charge on any atom is -0.464 e. The lowest BCUT2D eigenvalue weighted by Crippen LogP contribution is -2.42. The average Bonchev–Trinajstić information content (AvgIpc) is 2.37. The van der Waals surface area contributed by atoms with Crippen LogP contribution in [0.1, 0.15) is 28.9 Å². The summed E-state index contributed by atoms with van der Waals surface area (Å²) in [6.45, 7) is 0.613. The van der Waals surface area contributed by atoms with Gasteiger partial charge in [-0.2, -0.15) is 0 Å². The molecule has 0 amide bonds. The highest BCUT2D eigenvalue weighted by molar-refractivity contribution is 5.88. The van der Waals surface area contributed by atoms with Crippen molar-refractivity contribution in [1.29, 1.82) is 0 Å².